The van der Waals surface area contributed by atoms with E-state index in [1.807, 2.05) is 44.1 Å². The largest absolute Gasteiger partial charge is 0.328 e. The summed E-state index contributed by atoms with van der Waals surface area (Å²) in [6, 6.07) is 0.0991. The van der Waals surface area contributed by atoms with Crippen molar-refractivity contribution in [1.29, 1.82) is 0 Å². The Hall–Kier alpha value is -1.14. The fourth-order valence-corrected chi connectivity index (χ4v) is 2.59. The molecule has 2 aromatic rings. The normalized spacial score (nSPS) is 13.0. The van der Waals surface area contributed by atoms with Crippen molar-refractivity contribution in [3.63, 3.8) is 0 Å². The third kappa shape index (κ3) is 2.47. The fraction of sp³-hybridized carbons (Fsp3) is 0.538. The number of rotatable bonds is 3. The standard InChI is InChI=1S/C13H20BrN5/c1-7(15)6-11-8(2)16-18(5)13(11)19-10(4)12(14)9(3)17-19/h7H,6,15H2,1-5H3. The summed E-state index contributed by atoms with van der Waals surface area (Å²) in [6.07, 6.45) is 0.797. The SMILES string of the molecule is Cc1nn(-c2c(CC(C)N)c(C)nn2C)c(C)c1Br. The second-order valence-electron chi connectivity index (χ2n) is 5.09. The van der Waals surface area contributed by atoms with Gasteiger partial charge < -0.3 is 5.73 Å². The summed E-state index contributed by atoms with van der Waals surface area (Å²) in [5.74, 6) is 1.00. The molecule has 0 radical (unpaired) electrons. The number of hydrogen-bond donors (Lipinski definition) is 1. The molecule has 6 heteroatoms. The predicted molar refractivity (Wildman–Crippen MR) is 79.6 cm³/mol. The highest BCUT2D eigenvalue weighted by atomic mass is 79.9. The van der Waals surface area contributed by atoms with E-state index in [0.717, 1.165) is 39.4 Å². The van der Waals surface area contributed by atoms with E-state index >= 15 is 0 Å². The van der Waals surface area contributed by atoms with Gasteiger partial charge in [0.1, 0.15) is 0 Å². The molecule has 0 aliphatic heterocycles. The zero-order valence-corrected chi connectivity index (χ0v) is 13.6. The van der Waals surface area contributed by atoms with Crippen LogP contribution in [0.5, 0.6) is 0 Å². The summed E-state index contributed by atoms with van der Waals surface area (Å²) in [7, 11) is 1.94. The zero-order chi connectivity index (χ0) is 14.3. The van der Waals surface area contributed by atoms with Gasteiger partial charge in [-0.3, -0.25) is 4.68 Å². The summed E-state index contributed by atoms with van der Waals surface area (Å²) in [5.41, 5.74) is 10.2. The summed E-state index contributed by atoms with van der Waals surface area (Å²) in [4.78, 5) is 0. The van der Waals surface area contributed by atoms with Crippen LogP contribution in [0.4, 0.5) is 0 Å². The number of nitrogens with zero attached hydrogens (tertiary/aromatic N) is 4. The lowest BCUT2D eigenvalue weighted by molar-refractivity contribution is 0.671. The Labute approximate surface area is 121 Å². The van der Waals surface area contributed by atoms with E-state index < -0.39 is 0 Å². The van der Waals surface area contributed by atoms with E-state index in [4.69, 9.17) is 5.73 Å². The fourth-order valence-electron chi connectivity index (χ4n) is 2.35. The summed E-state index contributed by atoms with van der Waals surface area (Å²) in [5, 5.41) is 9.10. The van der Waals surface area contributed by atoms with E-state index in [1.54, 1.807) is 0 Å². The molecule has 0 aliphatic carbocycles. The number of nitrogens with two attached hydrogens (primary N) is 1. The Morgan fingerprint density at radius 1 is 1.21 bits per heavy atom. The van der Waals surface area contributed by atoms with Crippen LogP contribution in [0.15, 0.2) is 4.47 Å². The van der Waals surface area contributed by atoms with Crippen molar-refractivity contribution in [3.05, 3.63) is 27.1 Å². The van der Waals surface area contributed by atoms with Gasteiger partial charge in [-0.2, -0.15) is 10.2 Å². The minimum atomic E-state index is 0.0991. The maximum absolute atomic E-state index is 5.95. The molecule has 2 N–H and O–H groups in total. The van der Waals surface area contributed by atoms with Crippen LogP contribution in [-0.4, -0.2) is 25.6 Å². The van der Waals surface area contributed by atoms with Gasteiger partial charge in [0.05, 0.1) is 21.6 Å². The molecule has 19 heavy (non-hydrogen) atoms. The Bertz CT molecular complexity index is 609. The van der Waals surface area contributed by atoms with Gasteiger partial charge in [0.15, 0.2) is 5.82 Å². The molecule has 1 atom stereocenters. The molecule has 0 spiro atoms. The number of aromatic nitrogens is 4. The maximum atomic E-state index is 5.95. The topological polar surface area (TPSA) is 61.7 Å². The van der Waals surface area contributed by atoms with Crippen molar-refractivity contribution >= 4 is 15.9 Å². The Balaban J connectivity index is 2.64. The molecule has 1 unspecified atom stereocenters. The van der Waals surface area contributed by atoms with Crippen LogP contribution in [0, 0.1) is 20.8 Å². The van der Waals surface area contributed by atoms with E-state index in [1.165, 1.54) is 0 Å². The van der Waals surface area contributed by atoms with Crippen LogP contribution in [-0.2, 0) is 13.5 Å². The van der Waals surface area contributed by atoms with Crippen LogP contribution in [0.3, 0.4) is 0 Å². The highest BCUT2D eigenvalue weighted by molar-refractivity contribution is 9.10. The molecule has 0 bridgehead atoms. The third-order valence-electron chi connectivity index (χ3n) is 3.24. The van der Waals surface area contributed by atoms with Crippen LogP contribution < -0.4 is 5.73 Å². The number of hydrogen-bond acceptors (Lipinski definition) is 3. The Morgan fingerprint density at radius 2 is 1.84 bits per heavy atom. The zero-order valence-electron chi connectivity index (χ0n) is 12.0. The van der Waals surface area contributed by atoms with Gasteiger partial charge >= 0.3 is 0 Å². The molecule has 2 aromatic heterocycles. The highest BCUT2D eigenvalue weighted by Gasteiger charge is 2.20. The molecule has 104 valence electrons. The first kappa shape index (κ1) is 14.3. The van der Waals surface area contributed by atoms with Crippen LogP contribution in [0.2, 0.25) is 0 Å². The minimum absolute atomic E-state index is 0.0991. The predicted octanol–water partition coefficient (Wildman–Crippen LogP) is 2.18. The molecule has 0 aliphatic rings. The molecular weight excluding hydrogens is 306 g/mol. The second-order valence-corrected chi connectivity index (χ2v) is 5.88. The maximum Gasteiger partial charge on any atom is 0.155 e. The van der Waals surface area contributed by atoms with E-state index in [9.17, 15) is 0 Å². The molecular formula is C13H20BrN5. The van der Waals surface area contributed by atoms with Gasteiger partial charge in [-0.25, -0.2) is 4.68 Å². The van der Waals surface area contributed by atoms with Crippen molar-refractivity contribution in [2.45, 2.75) is 40.2 Å². The number of aryl methyl sites for hydroxylation is 3. The Morgan fingerprint density at radius 3 is 2.32 bits per heavy atom. The van der Waals surface area contributed by atoms with E-state index in [2.05, 4.69) is 26.1 Å². The average Bonchev–Trinajstić information content (AvgIpc) is 2.71. The smallest absolute Gasteiger partial charge is 0.155 e. The molecule has 5 nitrogen and oxygen atoms in total. The van der Waals surface area contributed by atoms with Crippen LogP contribution >= 0.6 is 15.9 Å². The summed E-state index contributed by atoms with van der Waals surface area (Å²) < 4.78 is 4.86. The van der Waals surface area contributed by atoms with Gasteiger partial charge in [-0.15, -0.1) is 0 Å². The number of halogens is 1. The van der Waals surface area contributed by atoms with Crippen molar-refractivity contribution in [3.8, 4) is 5.82 Å². The van der Waals surface area contributed by atoms with Crippen molar-refractivity contribution in [2.24, 2.45) is 12.8 Å². The monoisotopic (exact) mass is 325 g/mol. The van der Waals surface area contributed by atoms with Gasteiger partial charge in [-0.05, 0) is 50.0 Å². The summed E-state index contributed by atoms with van der Waals surface area (Å²) in [6.45, 7) is 8.05. The second kappa shape index (κ2) is 5.09. The highest BCUT2D eigenvalue weighted by Crippen LogP contribution is 2.26. The van der Waals surface area contributed by atoms with Crippen molar-refractivity contribution in [1.82, 2.24) is 19.6 Å². The van der Waals surface area contributed by atoms with Crippen molar-refractivity contribution < 1.29 is 0 Å². The van der Waals surface area contributed by atoms with Crippen LogP contribution in [0.25, 0.3) is 5.82 Å². The quantitative estimate of drug-likeness (QED) is 0.940. The van der Waals surface area contributed by atoms with Gasteiger partial charge in [-0.1, -0.05) is 0 Å². The lowest BCUT2D eigenvalue weighted by atomic mass is 10.1. The lowest BCUT2D eigenvalue weighted by Crippen LogP contribution is -2.20. The van der Waals surface area contributed by atoms with Gasteiger partial charge in [0.2, 0.25) is 0 Å². The van der Waals surface area contributed by atoms with Gasteiger partial charge in [0.25, 0.3) is 0 Å². The first-order valence-corrected chi connectivity index (χ1v) is 7.12. The van der Waals surface area contributed by atoms with E-state index in [0.29, 0.717) is 0 Å². The molecule has 0 fully saturated rings. The van der Waals surface area contributed by atoms with Crippen LogP contribution in [0.1, 0.15) is 29.6 Å². The van der Waals surface area contributed by atoms with Gasteiger partial charge in [0, 0.05) is 18.7 Å². The third-order valence-corrected chi connectivity index (χ3v) is 4.39. The molecule has 0 amide bonds. The molecule has 0 aromatic carbocycles. The first-order chi connectivity index (χ1) is 8.82. The molecule has 0 saturated carbocycles. The first-order valence-electron chi connectivity index (χ1n) is 6.33. The summed E-state index contributed by atoms with van der Waals surface area (Å²) >= 11 is 3.57. The minimum Gasteiger partial charge on any atom is -0.328 e. The molecule has 0 saturated heterocycles. The lowest BCUT2D eigenvalue weighted by Gasteiger charge is -2.10. The molecule has 2 rings (SSSR count). The Kier molecular flexibility index (Phi) is 3.82. The molecule has 2 heterocycles. The average molecular weight is 326 g/mol. The van der Waals surface area contributed by atoms with Crippen molar-refractivity contribution in [2.75, 3.05) is 0 Å². The van der Waals surface area contributed by atoms with E-state index in [-0.39, 0.29) is 6.04 Å².